The maximum Gasteiger partial charge on any atom is 0.410 e. The van der Waals surface area contributed by atoms with Crippen molar-refractivity contribution in [2.45, 2.75) is 114 Å². The largest absolute Gasteiger partial charge is 0.444 e. The maximum absolute atomic E-state index is 12.4. The van der Waals surface area contributed by atoms with Gasteiger partial charge >= 0.3 is 6.09 Å². The number of carbonyl (C=O) groups is 1. The number of aliphatic imine (C=N–C) groups is 2. The lowest BCUT2D eigenvalue weighted by molar-refractivity contribution is 0.0168. The van der Waals surface area contributed by atoms with Gasteiger partial charge in [-0.2, -0.15) is 0 Å². The Labute approximate surface area is 287 Å². The highest BCUT2D eigenvalue weighted by Gasteiger charge is 2.27. The van der Waals surface area contributed by atoms with E-state index < -0.39 is 5.60 Å². The molecular formula is C39H63ClN4O2. The van der Waals surface area contributed by atoms with Crippen LogP contribution in [0.25, 0.3) is 0 Å². The van der Waals surface area contributed by atoms with Crippen LogP contribution >= 0.6 is 11.6 Å². The first-order valence-electron chi connectivity index (χ1n) is 16.9. The Balaban J connectivity index is 0.00000102. The molecule has 1 aliphatic heterocycles. The van der Waals surface area contributed by atoms with Crippen LogP contribution in [0.3, 0.4) is 0 Å². The first-order valence-corrected chi connectivity index (χ1v) is 17.3. The minimum Gasteiger partial charge on any atom is -0.444 e. The van der Waals surface area contributed by atoms with Crippen LogP contribution in [-0.2, 0) is 11.2 Å². The molecule has 1 amide bonds. The number of nitrogens with zero attached hydrogens (tertiary/aromatic N) is 4. The normalized spacial score (nSPS) is 15.8. The fourth-order valence-electron chi connectivity index (χ4n) is 4.77. The number of amides is 1. The van der Waals surface area contributed by atoms with E-state index in [1.807, 2.05) is 70.0 Å². The number of hydrogen-bond donors (Lipinski definition) is 0. The summed E-state index contributed by atoms with van der Waals surface area (Å²) in [5.74, 6) is 0.461. The van der Waals surface area contributed by atoms with Gasteiger partial charge in [0.2, 0.25) is 0 Å². The number of halogens is 1. The third kappa shape index (κ3) is 17.5. The molecule has 1 aromatic rings. The molecule has 0 bridgehead atoms. The Bertz CT molecular complexity index is 1190. The summed E-state index contributed by atoms with van der Waals surface area (Å²) in [7, 11) is 0. The Kier molecular flexibility index (Phi) is 22.5. The molecule has 1 saturated heterocycles. The van der Waals surface area contributed by atoms with E-state index in [2.05, 4.69) is 76.6 Å². The summed E-state index contributed by atoms with van der Waals surface area (Å²) < 4.78 is 5.54. The van der Waals surface area contributed by atoms with Gasteiger partial charge in [-0.05, 0) is 104 Å². The van der Waals surface area contributed by atoms with Crippen molar-refractivity contribution in [3.05, 3.63) is 82.3 Å². The minimum absolute atomic E-state index is 0.222. The van der Waals surface area contributed by atoms with Crippen molar-refractivity contribution in [2.24, 2.45) is 15.9 Å². The van der Waals surface area contributed by atoms with Crippen molar-refractivity contribution in [1.82, 2.24) is 9.80 Å². The van der Waals surface area contributed by atoms with Crippen LogP contribution < -0.4 is 0 Å². The molecule has 1 fully saturated rings. The highest BCUT2D eigenvalue weighted by Crippen LogP contribution is 2.29. The molecule has 2 rings (SSSR count). The molecule has 1 aliphatic rings. The van der Waals surface area contributed by atoms with E-state index in [4.69, 9.17) is 21.3 Å². The van der Waals surface area contributed by atoms with E-state index >= 15 is 0 Å². The zero-order valence-electron chi connectivity index (χ0n) is 31.0. The van der Waals surface area contributed by atoms with Gasteiger partial charge in [0.15, 0.2) is 0 Å². The van der Waals surface area contributed by atoms with Gasteiger partial charge in [-0.15, -0.1) is 0 Å². The predicted molar refractivity (Wildman–Crippen MR) is 202 cm³/mol. The second kappa shape index (κ2) is 24.1. The van der Waals surface area contributed by atoms with E-state index in [1.54, 1.807) is 12.4 Å². The highest BCUT2D eigenvalue weighted by molar-refractivity contribution is 6.30. The second-order valence-corrected chi connectivity index (χ2v) is 12.7. The van der Waals surface area contributed by atoms with Gasteiger partial charge in [-0.1, -0.05) is 76.1 Å². The number of carbonyl (C=O) groups excluding carboxylic acids is 1. The van der Waals surface area contributed by atoms with Crippen molar-refractivity contribution in [2.75, 3.05) is 26.2 Å². The molecular weight excluding hydrogens is 592 g/mol. The lowest BCUT2D eigenvalue weighted by atomic mass is 9.87. The van der Waals surface area contributed by atoms with E-state index in [9.17, 15) is 4.79 Å². The number of ether oxygens (including phenoxy) is 1. The summed E-state index contributed by atoms with van der Waals surface area (Å²) in [6.45, 7) is 27.7. The maximum atomic E-state index is 12.4. The smallest absolute Gasteiger partial charge is 0.410 e. The molecule has 1 aromatic carbocycles. The number of piperazine rings is 1. The summed E-state index contributed by atoms with van der Waals surface area (Å²) >= 11 is 5.78. The van der Waals surface area contributed by atoms with Crippen LogP contribution in [0.15, 0.2) is 81.7 Å². The Morgan fingerprint density at radius 2 is 1.65 bits per heavy atom. The summed E-state index contributed by atoms with van der Waals surface area (Å²) in [5, 5.41) is 0.839. The van der Waals surface area contributed by atoms with Crippen LogP contribution in [0.5, 0.6) is 0 Å². The highest BCUT2D eigenvalue weighted by atomic mass is 35.5. The van der Waals surface area contributed by atoms with Crippen LogP contribution in [0.2, 0.25) is 5.02 Å². The first kappa shape index (κ1) is 42.9. The summed E-state index contributed by atoms with van der Waals surface area (Å²) in [4.78, 5) is 25.1. The monoisotopic (exact) mass is 654 g/mol. The Morgan fingerprint density at radius 1 is 1.02 bits per heavy atom. The third-order valence-corrected chi connectivity index (χ3v) is 7.53. The molecule has 0 aromatic heterocycles. The van der Waals surface area contributed by atoms with Crippen molar-refractivity contribution >= 4 is 29.6 Å². The number of benzene rings is 1. The molecule has 7 heteroatoms. The van der Waals surface area contributed by atoms with Crippen molar-refractivity contribution < 1.29 is 9.53 Å². The minimum atomic E-state index is -0.464. The molecule has 0 radical (unpaired) electrons. The number of hydrogen-bond acceptors (Lipinski definition) is 5. The van der Waals surface area contributed by atoms with Crippen LogP contribution in [-0.4, -0.2) is 59.6 Å². The van der Waals surface area contributed by atoms with Crippen molar-refractivity contribution in [3.63, 3.8) is 0 Å². The molecule has 0 N–H and O–H groups in total. The standard InChI is InChI=1S/C25H43N3O2.C9H11Cl.C5H9N/c1-10-13-14-26-20(5)23(22(12-3)19(4)11-2)21(6)27-15-17-28(18-16-27)24(29)30-25(7,8)9;1-2-4-8-5-3-6-9(10)7-8;1-3-5-6-4-2/h12-14,19H,10-11,15-18H2,1-9H3;3,5-7H,2,4H2,1H3;3-5H,1-2H3/b14-13+,22-12-,23-21-,26-20+;;5-3-,6-4?. The lowest BCUT2D eigenvalue weighted by Crippen LogP contribution is -2.49. The SMILES string of the molecule is CC=N/C=C\C.CCCc1cccc(Cl)c1.C\C=C(C(/C(C)=N/C=C/CC)=C(/C)N1CCN(C(=O)OC(C)(C)C)CC1)\C(C)CC. The van der Waals surface area contributed by atoms with Crippen LogP contribution in [0.1, 0.15) is 108 Å². The van der Waals surface area contributed by atoms with E-state index in [1.165, 1.54) is 28.8 Å². The molecule has 1 heterocycles. The fraction of sp³-hybridized carbons (Fsp3) is 0.564. The van der Waals surface area contributed by atoms with Crippen LogP contribution in [0, 0.1) is 5.92 Å². The van der Waals surface area contributed by atoms with Crippen molar-refractivity contribution in [3.8, 4) is 0 Å². The molecule has 0 saturated carbocycles. The summed E-state index contributed by atoms with van der Waals surface area (Å²) in [6.07, 6.45) is 15.7. The third-order valence-electron chi connectivity index (χ3n) is 7.29. The van der Waals surface area contributed by atoms with E-state index in [-0.39, 0.29) is 6.09 Å². The molecule has 258 valence electrons. The zero-order chi connectivity index (χ0) is 35.1. The Hall–Kier alpha value is -3.12. The van der Waals surface area contributed by atoms with Gasteiger partial charge in [-0.25, -0.2) is 4.79 Å². The second-order valence-electron chi connectivity index (χ2n) is 12.2. The molecule has 1 atom stereocenters. The van der Waals surface area contributed by atoms with Gasteiger partial charge in [0.25, 0.3) is 0 Å². The average molecular weight is 655 g/mol. The van der Waals surface area contributed by atoms with Gasteiger partial charge in [0.05, 0.1) is 0 Å². The predicted octanol–water partition coefficient (Wildman–Crippen LogP) is 11.1. The molecule has 1 unspecified atom stereocenters. The zero-order valence-corrected chi connectivity index (χ0v) is 31.7. The van der Waals surface area contributed by atoms with Gasteiger partial charge < -0.3 is 14.5 Å². The fourth-order valence-corrected chi connectivity index (χ4v) is 4.98. The average Bonchev–Trinajstić information content (AvgIpc) is 3.02. The van der Waals surface area contributed by atoms with Gasteiger partial charge in [0, 0.05) is 66.8 Å². The molecule has 46 heavy (non-hydrogen) atoms. The Morgan fingerprint density at radius 3 is 2.11 bits per heavy atom. The molecule has 0 aliphatic carbocycles. The first-order chi connectivity index (χ1) is 21.8. The van der Waals surface area contributed by atoms with Crippen molar-refractivity contribution in [1.29, 1.82) is 0 Å². The number of allylic oxidation sites excluding steroid dienone is 6. The summed E-state index contributed by atoms with van der Waals surface area (Å²) in [5.41, 5.74) is 5.72. The van der Waals surface area contributed by atoms with E-state index in [0.29, 0.717) is 19.0 Å². The van der Waals surface area contributed by atoms with Crippen LogP contribution in [0.4, 0.5) is 4.79 Å². The molecule has 6 nitrogen and oxygen atoms in total. The number of rotatable bonds is 10. The number of aryl methyl sites for hydroxylation is 1. The topological polar surface area (TPSA) is 57.5 Å². The van der Waals surface area contributed by atoms with E-state index in [0.717, 1.165) is 43.1 Å². The quantitative estimate of drug-likeness (QED) is 0.186. The molecule has 0 spiro atoms. The lowest BCUT2D eigenvalue weighted by Gasteiger charge is -2.38. The van der Waals surface area contributed by atoms with Gasteiger partial charge in [-0.3, -0.25) is 9.98 Å². The summed E-state index contributed by atoms with van der Waals surface area (Å²) in [6, 6.07) is 8.02. The van der Waals surface area contributed by atoms with Gasteiger partial charge in [0.1, 0.15) is 5.60 Å².